The van der Waals surface area contributed by atoms with Crippen LogP contribution < -0.4 is 5.73 Å². The second-order valence-electron chi connectivity index (χ2n) is 5.43. The van der Waals surface area contributed by atoms with Gasteiger partial charge in [-0.2, -0.15) is 0 Å². The van der Waals surface area contributed by atoms with E-state index in [0.29, 0.717) is 6.04 Å². The van der Waals surface area contributed by atoms with Crippen molar-refractivity contribution < 1.29 is 0 Å². The maximum atomic E-state index is 5.61. The first kappa shape index (κ1) is 13.5. The zero-order valence-corrected chi connectivity index (χ0v) is 11.6. The maximum Gasteiger partial charge on any atom is 0.0234 e. The van der Waals surface area contributed by atoms with Crippen molar-refractivity contribution in [3.8, 4) is 0 Å². The van der Waals surface area contributed by atoms with E-state index in [1.807, 2.05) is 0 Å². The molecule has 0 aromatic heterocycles. The summed E-state index contributed by atoms with van der Waals surface area (Å²) in [4.78, 5) is 4.94. The fourth-order valence-electron chi connectivity index (χ4n) is 2.65. The van der Waals surface area contributed by atoms with Crippen LogP contribution in [0.4, 0.5) is 0 Å². The Morgan fingerprint density at radius 3 is 2.72 bits per heavy atom. The average Bonchev–Trinajstić information content (AvgIpc) is 2.81. The number of hydrogen-bond acceptors (Lipinski definition) is 3. The van der Waals surface area contributed by atoms with E-state index in [1.165, 1.54) is 30.6 Å². The van der Waals surface area contributed by atoms with E-state index in [4.69, 9.17) is 5.73 Å². The van der Waals surface area contributed by atoms with Gasteiger partial charge in [0.1, 0.15) is 0 Å². The zero-order chi connectivity index (χ0) is 13.0. The van der Waals surface area contributed by atoms with Gasteiger partial charge in [0.25, 0.3) is 0 Å². The van der Waals surface area contributed by atoms with Gasteiger partial charge in [-0.15, -0.1) is 0 Å². The Morgan fingerprint density at radius 1 is 1.33 bits per heavy atom. The van der Waals surface area contributed by atoms with E-state index in [0.717, 1.165) is 19.6 Å². The van der Waals surface area contributed by atoms with Crippen LogP contribution in [0.3, 0.4) is 0 Å². The fourth-order valence-corrected chi connectivity index (χ4v) is 2.65. The van der Waals surface area contributed by atoms with Crippen LogP contribution in [0.2, 0.25) is 0 Å². The van der Waals surface area contributed by atoms with Gasteiger partial charge in [0, 0.05) is 38.8 Å². The minimum atomic E-state index is 0.680. The Kier molecular flexibility index (Phi) is 4.75. The van der Waals surface area contributed by atoms with Gasteiger partial charge in [0.2, 0.25) is 0 Å². The smallest absolute Gasteiger partial charge is 0.0234 e. The van der Waals surface area contributed by atoms with Gasteiger partial charge in [-0.25, -0.2) is 0 Å². The largest absolute Gasteiger partial charge is 0.329 e. The molecular weight excluding hydrogens is 222 g/mol. The lowest BCUT2D eigenvalue weighted by Gasteiger charge is -2.24. The molecule has 100 valence electrons. The first-order valence-corrected chi connectivity index (χ1v) is 6.87. The molecule has 3 nitrogen and oxygen atoms in total. The molecule has 0 radical (unpaired) electrons. The summed E-state index contributed by atoms with van der Waals surface area (Å²) in [5.74, 6) is 0. The molecule has 0 amide bonds. The molecule has 1 aromatic carbocycles. The number of nitrogens with zero attached hydrogens (tertiary/aromatic N) is 2. The predicted molar refractivity (Wildman–Crippen MR) is 76.5 cm³/mol. The van der Waals surface area contributed by atoms with Crippen molar-refractivity contribution in [1.82, 2.24) is 9.80 Å². The highest BCUT2D eigenvalue weighted by Gasteiger charge is 2.24. The van der Waals surface area contributed by atoms with Crippen LogP contribution in [0.5, 0.6) is 0 Å². The van der Waals surface area contributed by atoms with Crippen LogP contribution in [0, 0.1) is 6.92 Å². The summed E-state index contributed by atoms with van der Waals surface area (Å²) in [5.41, 5.74) is 8.37. The van der Waals surface area contributed by atoms with Crippen molar-refractivity contribution in [3.63, 3.8) is 0 Å². The molecule has 0 bridgehead atoms. The lowest BCUT2D eigenvalue weighted by Crippen LogP contribution is -2.37. The predicted octanol–water partition coefficient (Wildman–Crippen LogP) is 1.46. The second kappa shape index (κ2) is 6.32. The van der Waals surface area contributed by atoms with E-state index in [1.54, 1.807) is 0 Å². The first-order chi connectivity index (χ1) is 8.69. The quantitative estimate of drug-likeness (QED) is 0.855. The van der Waals surface area contributed by atoms with Gasteiger partial charge in [0.15, 0.2) is 0 Å². The van der Waals surface area contributed by atoms with Crippen LogP contribution in [0.15, 0.2) is 24.3 Å². The molecular formula is C15H25N3. The van der Waals surface area contributed by atoms with Crippen molar-refractivity contribution in [2.24, 2.45) is 5.73 Å². The molecule has 1 heterocycles. The number of aryl methyl sites for hydroxylation is 1. The third-order valence-corrected chi connectivity index (χ3v) is 3.88. The van der Waals surface area contributed by atoms with Gasteiger partial charge in [-0.1, -0.05) is 29.8 Å². The summed E-state index contributed by atoms with van der Waals surface area (Å²) in [6.07, 6.45) is 1.27. The van der Waals surface area contributed by atoms with Crippen LogP contribution in [-0.2, 0) is 6.54 Å². The Hall–Kier alpha value is -0.900. The molecule has 1 aliphatic rings. The van der Waals surface area contributed by atoms with Crippen molar-refractivity contribution in [2.45, 2.75) is 25.9 Å². The molecule has 1 fully saturated rings. The number of benzene rings is 1. The Morgan fingerprint density at radius 2 is 2.06 bits per heavy atom. The standard InChI is InChI=1S/C15H25N3/c1-13-3-5-14(6-4-13)11-18-9-7-15(12-18)17(2)10-8-16/h3-6,15H,7-12,16H2,1-2H3. The first-order valence-electron chi connectivity index (χ1n) is 6.87. The van der Waals surface area contributed by atoms with E-state index < -0.39 is 0 Å². The zero-order valence-electron chi connectivity index (χ0n) is 11.6. The minimum Gasteiger partial charge on any atom is -0.329 e. The maximum absolute atomic E-state index is 5.61. The number of likely N-dealkylation sites (tertiary alicyclic amines) is 1. The molecule has 0 spiro atoms. The van der Waals surface area contributed by atoms with Crippen molar-refractivity contribution in [3.05, 3.63) is 35.4 Å². The summed E-state index contributed by atoms with van der Waals surface area (Å²) in [5, 5.41) is 0. The fraction of sp³-hybridized carbons (Fsp3) is 0.600. The summed E-state index contributed by atoms with van der Waals surface area (Å²) >= 11 is 0. The van der Waals surface area contributed by atoms with E-state index >= 15 is 0 Å². The lowest BCUT2D eigenvalue weighted by atomic mass is 10.1. The average molecular weight is 247 g/mol. The molecule has 1 saturated heterocycles. The number of nitrogens with two attached hydrogens (primary N) is 1. The topological polar surface area (TPSA) is 32.5 Å². The Balaban J connectivity index is 1.84. The monoisotopic (exact) mass is 247 g/mol. The van der Waals surface area contributed by atoms with Crippen molar-refractivity contribution in [1.29, 1.82) is 0 Å². The minimum absolute atomic E-state index is 0.680. The number of likely N-dealkylation sites (N-methyl/N-ethyl adjacent to an activating group) is 1. The van der Waals surface area contributed by atoms with Crippen molar-refractivity contribution in [2.75, 3.05) is 33.2 Å². The third kappa shape index (κ3) is 3.55. The summed E-state index contributed by atoms with van der Waals surface area (Å²) < 4.78 is 0. The normalized spacial score (nSPS) is 20.8. The molecule has 2 rings (SSSR count). The number of hydrogen-bond donors (Lipinski definition) is 1. The van der Waals surface area contributed by atoms with Gasteiger partial charge >= 0.3 is 0 Å². The third-order valence-electron chi connectivity index (χ3n) is 3.88. The SMILES string of the molecule is Cc1ccc(CN2CCC(N(C)CCN)C2)cc1. The lowest BCUT2D eigenvalue weighted by molar-refractivity contribution is 0.234. The summed E-state index contributed by atoms with van der Waals surface area (Å²) in [6, 6.07) is 9.56. The van der Waals surface area contributed by atoms with Crippen LogP contribution in [0.1, 0.15) is 17.5 Å². The highest BCUT2D eigenvalue weighted by atomic mass is 15.2. The molecule has 0 saturated carbocycles. The van der Waals surface area contributed by atoms with Gasteiger partial charge < -0.3 is 10.6 Å². The van der Waals surface area contributed by atoms with Crippen molar-refractivity contribution >= 4 is 0 Å². The van der Waals surface area contributed by atoms with Crippen LogP contribution in [-0.4, -0.2) is 49.1 Å². The molecule has 1 unspecified atom stereocenters. The molecule has 0 aliphatic carbocycles. The van der Waals surface area contributed by atoms with Crippen LogP contribution in [0.25, 0.3) is 0 Å². The summed E-state index contributed by atoms with van der Waals surface area (Å²) in [7, 11) is 2.19. The van der Waals surface area contributed by atoms with E-state index in [-0.39, 0.29) is 0 Å². The Labute approximate surface area is 111 Å². The second-order valence-corrected chi connectivity index (χ2v) is 5.43. The molecule has 1 aromatic rings. The molecule has 1 aliphatic heterocycles. The summed E-state index contributed by atoms with van der Waals surface area (Å²) in [6.45, 7) is 7.34. The van der Waals surface area contributed by atoms with Gasteiger partial charge in [-0.05, 0) is 26.0 Å². The highest BCUT2D eigenvalue weighted by molar-refractivity contribution is 5.21. The van der Waals surface area contributed by atoms with E-state index in [9.17, 15) is 0 Å². The van der Waals surface area contributed by atoms with Gasteiger partial charge in [0.05, 0.1) is 0 Å². The number of rotatable bonds is 5. The highest BCUT2D eigenvalue weighted by Crippen LogP contribution is 2.17. The molecule has 18 heavy (non-hydrogen) atoms. The van der Waals surface area contributed by atoms with Gasteiger partial charge in [-0.3, -0.25) is 4.90 Å². The molecule has 1 atom stereocenters. The molecule has 3 heteroatoms. The molecule has 2 N–H and O–H groups in total. The van der Waals surface area contributed by atoms with E-state index in [2.05, 4.69) is 48.0 Å². The Bertz CT molecular complexity index is 361. The van der Waals surface area contributed by atoms with Crippen LogP contribution >= 0.6 is 0 Å².